The van der Waals surface area contributed by atoms with Gasteiger partial charge in [0, 0.05) is 23.6 Å². The van der Waals surface area contributed by atoms with E-state index >= 15 is 0 Å². The molecule has 0 bridgehead atoms. The molecule has 5 heteroatoms. The van der Waals surface area contributed by atoms with Gasteiger partial charge in [-0.25, -0.2) is 8.78 Å². The molecule has 1 aliphatic rings. The number of carbonyl (C=O) groups excluding carboxylic acids is 1. The van der Waals surface area contributed by atoms with Crippen molar-refractivity contribution in [2.75, 3.05) is 5.32 Å². The molecule has 2 unspecified atom stereocenters. The standard InChI is InChI=1S/C14H11F2NO2/c15-11-4-3-8(6-12(11)16)17-14(18)10-7-9(10)13-2-1-5-19-13/h1-6,9-10H,7H2,(H,17,18). The first-order valence-corrected chi connectivity index (χ1v) is 5.94. The average Bonchev–Trinajstić information content (AvgIpc) is 3.01. The second-order valence-electron chi connectivity index (χ2n) is 4.58. The first-order valence-electron chi connectivity index (χ1n) is 5.94. The van der Waals surface area contributed by atoms with Gasteiger partial charge >= 0.3 is 0 Å². The molecule has 0 aliphatic heterocycles. The molecule has 1 aromatic carbocycles. The highest BCUT2D eigenvalue weighted by atomic mass is 19.2. The lowest BCUT2D eigenvalue weighted by Gasteiger charge is -2.04. The van der Waals surface area contributed by atoms with Crippen LogP contribution in [0.1, 0.15) is 18.1 Å². The van der Waals surface area contributed by atoms with E-state index in [-0.39, 0.29) is 23.4 Å². The quantitative estimate of drug-likeness (QED) is 0.923. The third-order valence-corrected chi connectivity index (χ3v) is 3.22. The van der Waals surface area contributed by atoms with E-state index in [1.165, 1.54) is 6.07 Å². The van der Waals surface area contributed by atoms with Crippen molar-refractivity contribution < 1.29 is 18.0 Å². The molecule has 1 N–H and O–H groups in total. The molecule has 98 valence electrons. The first kappa shape index (κ1) is 11.9. The smallest absolute Gasteiger partial charge is 0.228 e. The van der Waals surface area contributed by atoms with E-state index < -0.39 is 11.6 Å². The van der Waals surface area contributed by atoms with Gasteiger partial charge in [0.1, 0.15) is 5.76 Å². The Labute approximate surface area is 108 Å². The summed E-state index contributed by atoms with van der Waals surface area (Å²) in [5.41, 5.74) is 0.258. The van der Waals surface area contributed by atoms with E-state index in [1.807, 2.05) is 6.07 Å². The Hall–Kier alpha value is -2.17. The summed E-state index contributed by atoms with van der Waals surface area (Å²) in [6, 6.07) is 6.90. The van der Waals surface area contributed by atoms with Gasteiger partial charge in [0.25, 0.3) is 0 Å². The van der Waals surface area contributed by atoms with Crippen LogP contribution >= 0.6 is 0 Å². The Bertz CT molecular complexity index is 610. The van der Waals surface area contributed by atoms with Gasteiger partial charge in [-0.1, -0.05) is 0 Å². The van der Waals surface area contributed by atoms with E-state index in [1.54, 1.807) is 12.3 Å². The van der Waals surface area contributed by atoms with Gasteiger partial charge in [-0.15, -0.1) is 0 Å². The van der Waals surface area contributed by atoms with Crippen LogP contribution in [0.2, 0.25) is 0 Å². The summed E-state index contributed by atoms with van der Waals surface area (Å²) in [7, 11) is 0. The van der Waals surface area contributed by atoms with Crippen molar-refractivity contribution in [3.05, 3.63) is 54.0 Å². The Morgan fingerprint density at radius 1 is 1.26 bits per heavy atom. The molecule has 0 saturated heterocycles. The van der Waals surface area contributed by atoms with Crippen LogP contribution in [0.5, 0.6) is 0 Å². The predicted molar refractivity (Wildman–Crippen MR) is 64.5 cm³/mol. The van der Waals surface area contributed by atoms with Crippen LogP contribution in [0.4, 0.5) is 14.5 Å². The highest BCUT2D eigenvalue weighted by Gasteiger charge is 2.45. The molecular weight excluding hydrogens is 252 g/mol. The largest absolute Gasteiger partial charge is 0.469 e. The highest BCUT2D eigenvalue weighted by molar-refractivity contribution is 5.95. The number of furan rings is 1. The maximum absolute atomic E-state index is 13.0. The van der Waals surface area contributed by atoms with Crippen molar-refractivity contribution in [2.45, 2.75) is 12.3 Å². The summed E-state index contributed by atoms with van der Waals surface area (Å²) >= 11 is 0. The molecule has 2 atom stereocenters. The minimum absolute atomic E-state index is 0.0836. The lowest BCUT2D eigenvalue weighted by atomic mass is 10.2. The number of benzene rings is 1. The van der Waals surface area contributed by atoms with Crippen molar-refractivity contribution in [1.82, 2.24) is 0 Å². The van der Waals surface area contributed by atoms with Crippen LogP contribution in [-0.4, -0.2) is 5.91 Å². The molecule has 0 spiro atoms. The van der Waals surface area contributed by atoms with Crippen LogP contribution in [0.15, 0.2) is 41.0 Å². The molecule has 3 rings (SSSR count). The van der Waals surface area contributed by atoms with Gasteiger partial charge in [0.15, 0.2) is 11.6 Å². The second kappa shape index (κ2) is 4.50. The normalized spacial score (nSPS) is 21.2. The van der Waals surface area contributed by atoms with Crippen molar-refractivity contribution in [2.24, 2.45) is 5.92 Å². The summed E-state index contributed by atoms with van der Waals surface area (Å²) in [5.74, 6) is -1.41. The minimum atomic E-state index is -0.976. The third kappa shape index (κ3) is 2.36. The maximum Gasteiger partial charge on any atom is 0.228 e. The lowest BCUT2D eigenvalue weighted by molar-refractivity contribution is -0.117. The van der Waals surface area contributed by atoms with Crippen LogP contribution in [-0.2, 0) is 4.79 Å². The van der Waals surface area contributed by atoms with E-state index in [0.29, 0.717) is 6.42 Å². The van der Waals surface area contributed by atoms with E-state index in [9.17, 15) is 13.6 Å². The molecule has 1 saturated carbocycles. The van der Waals surface area contributed by atoms with Crippen molar-refractivity contribution in [3.63, 3.8) is 0 Å². The number of rotatable bonds is 3. The Balaban J connectivity index is 1.65. The average molecular weight is 263 g/mol. The van der Waals surface area contributed by atoms with E-state index in [4.69, 9.17) is 4.42 Å². The predicted octanol–water partition coefficient (Wildman–Crippen LogP) is 3.30. The summed E-state index contributed by atoms with van der Waals surface area (Å²) < 4.78 is 31.0. The highest BCUT2D eigenvalue weighted by Crippen LogP contribution is 2.48. The Morgan fingerprint density at radius 3 is 2.79 bits per heavy atom. The molecule has 1 amide bonds. The van der Waals surface area contributed by atoms with Gasteiger partial charge in [-0.2, -0.15) is 0 Å². The fourth-order valence-corrected chi connectivity index (χ4v) is 2.11. The SMILES string of the molecule is O=C(Nc1ccc(F)c(F)c1)C1CC1c1ccco1. The zero-order valence-electron chi connectivity index (χ0n) is 9.90. The fourth-order valence-electron chi connectivity index (χ4n) is 2.11. The molecule has 3 nitrogen and oxygen atoms in total. The Morgan fingerprint density at radius 2 is 2.11 bits per heavy atom. The van der Waals surface area contributed by atoms with Crippen molar-refractivity contribution >= 4 is 11.6 Å². The monoisotopic (exact) mass is 263 g/mol. The van der Waals surface area contributed by atoms with Crippen LogP contribution in [0.3, 0.4) is 0 Å². The summed E-state index contributed by atoms with van der Waals surface area (Å²) in [6.45, 7) is 0. The second-order valence-corrected chi connectivity index (χ2v) is 4.58. The molecular formula is C14H11F2NO2. The van der Waals surface area contributed by atoms with Crippen LogP contribution in [0, 0.1) is 17.6 Å². The molecule has 1 aromatic heterocycles. The molecule has 19 heavy (non-hydrogen) atoms. The van der Waals surface area contributed by atoms with Gasteiger partial charge in [-0.05, 0) is 30.7 Å². The zero-order chi connectivity index (χ0) is 13.4. The number of amides is 1. The molecule has 0 radical (unpaired) electrons. The van der Waals surface area contributed by atoms with E-state index in [2.05, 4.69) is 5.32 Å². The van der Waals surface area contributed by atoms with Crippen molar-refractivity contribution in [3.8, 4) is 0 Å². The van der Waals surface area contributed by atoms with Crippen LogP contribution < -0.4 is 5.32 Å². The van der Waals surface area contributed by atoms with Crippen molar-refractivity contribution in [1.29, 1.82) is 0 Å². The fraction of sp³-hybridized carbons (Fsp3) is 0.214. The van der Waals surface area contributed by atoms with Gasteiger partial charge in [-0.3, -0.25) is 4.79 Å². The summed E-state index contributed by atoms with van der Waals surface area (Å²) in [4.78, 5) is 11.9. The van der Waals surface area contributed by atoms with Gasteiger partial charge in [0.2, 0.25) is 5.91 Å². The summed E-state index contributed by atoms with van der Waals surface area (Å²) in [6.07, 6.45) is 2.28. The van der Waals surface area contributed by atoms with E-state index in [0.717, 1.165) is 17.9 Å². The molecule has 1 heterocycles. The third-order valence-electron chi connectivity index (χ3n) is 3.22. The topological polar surface area (TPSA) is 42.2 Å². The molecule has 2 aromatic rings. The number of hydrogen-bond donors (Lipinski definition) is 1. The number of anilines is 1. The summed E-state index contributed by atoms with van der Waals surface area (Å²) in [5, 5.41) is 2.58. The molecule has 1 aliphatic carbocycles. The number of halogens is 2. The van der Waals surface area contributed by atoms with Crippen LogP contribution in [0.25, 0.3) is 0 Å². The first-order chi connectivity index (χ1) is 9.15. The van der Waals surface area contributed by atoms with Gasteiger partial charge in [0.05, 0.1) is 6.26 Å². The Kier molecular flexibility index (Phi) is 2.81. The number of nitrogens with one attached hydrogen (secondary N) is 1. The zero-order valence-corrected chi connectivity index (χ0v) is 9.90. The number of carbonyl (C=O) groups is 1. The van der Waals surface area contributed by atoms with Gasteiger partial charge < -0.3 is 9.73 Å². The molecule has 1 fully saturated rings. The lowest BCUT2D eigenvalue weighted by Crippen LogP contribution is -2.14. The maximum atomic E-state index is 13.0. The number of hydrogen-bond acceptors (Lipinski definition) is 2. The minimum Gasteiger partial charge on any atom is -0.469 e.